The van der Waals surface area contributed by atoms with E-state index in [0.717, 1.165) is 6.92 Å². The number of benzene rings is 1. The molecular formula is C15H13F7O4. The van der Waals surface area contributed by atoms with E-state index in [1.807, 2.05) is 0 Å². The molecule has 26 heavy (non-hydrogen) atoms. The van der Waals surface area contributed by atoms with E-state index in [-0.39, 0.29) is 0 Å². The molecule has 1 saturated heterocycles. The van der Waals surface area contributed by atoms with Crippen molar-refractivity contribution >= 4 is 5.97 Å². The summed E-state index contributed by atoms with van der Waals surface area (Å²) >= 11 is 0. The van der Waals surface area contributed by atoms with Gasteiger partial charge in [0.2, 0.25) is 5.82 Å². The van der Waals surface area contributed by atoms with Crippen molar-refractivity contribution in [3.05, 3.63) is 29.3 Å². The van der Waals surface area contributed by atoms with E-state index in [2.05, 4.69) is 4.74 Å². The van der Waals surface area contributed by atoms with E-state index in [4.69, 9.17) is 4.74 Å². The number of hydrogen-bond acceptors (Lipinski definition) is 3. The van der Waals surface area contributed by atoms with Gasteiger partial charge in [-0.3, -0.25) is 0 Å². The van der Waals surface area contributed by atoms with Crippen LogP contribution in [-0.2, 0) is 9.53 Å². The molecule has 1 aromatic carbocycles. The van der Waals surface area contributed by atoms with Crippen LogP contribution in [-0.4, -0.2) is 35.6 Å². The predicted molar refractivity (Wildman–Crippen MR) is 71.9 cm³/mol. The highest BCUT2D eigenvalue weighted by molar-refractivity contribution is 5.75. The van der Waals surface area contributed by atoms with Gasteiger partial charge in [0.25, 0.3) is 0 Å². The maximum absolute atomic E-state index is 13.9. The summed E-state index contributed by atoms with van der Waals surface area (Å²) in [7, 11) is 0. The number of rotatable bonds is 4. The van der Waals surface area contributed by atoms with Crippen molar-refractivity contribution in [1.82, 2.24) is 0 Å². The first-order valence-corrected chi connectivity index (χ1v) is 7.21. The van der Waals surface area contributed by atoms with E-state index in [1.54, 1.807) is 0 Å². The molecule has 1 aliphatic heterocycles. The summed E-state index contributed by atoms with van der Waals surface area (Å²) in [6.45, 7) is -2.03. The molecule has 3 unspecified atom stereocenters. The van der Waals surface area contributed by atoms with E-state index in [9.17, 15) is 40.6 Å². The second kappa shape index (κ2) is 6.60. The third-order valence-electron chi connectivity index (χ3n) is 4.56. The van der Waals surface area contributed by atoms with E-state index in [1.165, 1.54) is 0 Å². The summed E-state index contributed by atoms with van der Waals surface area (Å²) in [5, 5.41) is 9.21. The zero-order valence-corrected chi connectivity index (χ0v) is 13.3. The van der Waals surface area contributed by atoms with Gasteiger partial charge in [-0.2, -0.15) is 26.3 Å². The SMILES string of the molecule is CC1C(c2ccc(F)c(F)c2OC(F)F)[C@H](C(=O)O)OC1(C)C(F)(F)F. The molecule has 2 rings (SSSR count). The maximum atomic E-state index is 13.9. The normalized spacial score (nSPS) is 29.2. The molecule has 1 aromatic rings. The highest BCUT2D eigenvalue weighted by Gasteiger charge is 2.66. The summed E-state index contributed by atoms with van der Waals surface area (Å²) in [5.74, 6) is -9.96. The monoisotopic (exact) mass is 390 g/mol. The van der Waals surface area contributed by atoms with Gasteiger partial charge in [0.1, 0.15) is 0 Å². The van der Waals surface area contributed by atoms with Crippen LogP contribution in [0.5, 0.6) is 5.75 Å². The summed E-state index contributed by atoms with van der Waals surface area (Å²) in [6, 6.07) is 1.19. The summed E-state index contributed by atoms with van der Waals surface area (Å²) in [5.41, 5.74) is -3.61. The molecule has 0 aromatic heterocycles. The molecule has 1 heterocycles. The predicted octanol–water partition coefficient (Wildman–Crippen LogP) is 4.09. The quantitative estimate of drug-likeness (QED) is 0.787. The average molecular weight is 390 g/mol. The van der Waals surface area contributed by atoms with Crippen molar-refractivity contribution in [3.63, 3.8) is 0 Å². The average Bonchev–Trinajstić information content (AvgIpc) is 2.77. The van der Waals surface area contributed by atoms with Gasteiger partial charge in [-0.05, 0) is 13.0 Å². The van der Waals surface area contributed by atoms with Crippen molar-refractivity contribution in [1.29, 1.82) is 0 Å². The van der Waals surface area contributed by atoms with Gasteiger partial charge < -0.3 is 14.6 Å². The zero-order chi connectivity index (χ0) is 20.0. The van der Waals surface area contributed by atoms with Crippen molar-refractivity contribution in [2.45, 2.75) is 44.3 Å². The molecule has 0 spiro atoms. The Labute approximate surface area is 142 Å². The molecule has 4 nitrogen and oxygen atoms in total. The van der Waals surface area contributed by atoms with Crippen LogP contribution >= 0.6 is 0 Å². The molecule has 146 valence electrons. The first-order valence-electron chi connectivity index (χ1n) is 7.21. The second-order valence-electron chi connectivity index (χ2n) is 5.95. The highest BCUT2D eigenvalue weighted by Crippen LogP contribution is 2.54. The van der Waals surface area contributed by atoms with Crippen LogP contribution in [0.3, 0.4) is 0 Å². The molecule has 0 aliphatic carbocycles. The first kappa shape index (κ1) is 20.3. The summed E-state index contributed by atoms with van der Waals surface area (Å²) < 4.78 is 101. The molecule has 0 amide bonds. The zero-order valence-electron chi connectivity index (χ0n) is 13.3. The van der Waals surface area contributed by atoms with E-state index in [0.29, 0.717) is 19.1 Å². The lowest BCUT2D eigenvalue weighted by Crippen LogP contribution is -2.47. The Morgan fingerprint density at radius 1 is 1.31 bits per heavy atom. The van der Waals surface area contributed by atoms with Gasteiger partial charge in [-0.15, -0.1) is 0 Å². The summed E-state index contributed by atoms with van der Waals surface area (Å²) in [4.78, 5) is 11.4. The van der Waals surface area contributed by atoms with Gasteiger partial charge in [0.15, 0.2) is 23.3 Å². The lowest BCUT2D eigenvalue weighted by atomic mass is 9.77. The maximum Gasteiger partial charge on any atom is 0.417 e. The third-order valence-corrected chi connectivity index (χ3v) is 4.56. The van der Waals surface area contributed by atoms with Crippen LogP contribution in [0.25, 0.3) is 0 Å². The highest BCUT2D eigenvalue weighted by atomic mass is 19.4. The molecular weight excluding hydrogens is 377 g/mol. The number of hydrogen-bond donors (Lipinski definition) is 1. The molecule has 11 heteroatoms. The lowest BCUT2D eigenvalue weighted by molar-refractivity contribution is -0.273. The van der Waals surface area contributed by atoms with Gasteiger partial charge in [0, 0.05) is 17.4 Å². The van der Waals surface area contributed by atoms with Crippen molar-refractivity contribution in [2.75, 3.05) is 0 Å². The van der Waals surface area contributed by atoms with Crippen LogP contribution in [0.2, 0.25) is 0 Å². The number of carboxylic acid groups (broad SMARTS) is 1. The Balaban J connectivity index is 2.65. The van der Waals surface area contributed by atoms with E-state index < -0.39 is 65.2 Å². The number of halogens is 7. The number of ether oxygens (including phenoxy) is 2. The number of alkyl halides is 5. The number of carbonyl (C=O) groups is 1. The molecule has 1 N–H and O–H groups in total. The van der Waals surface area contributed by atoms with E-state index >= 15 is 0 Å². The Hall–Kier alpha value is -2.04. The molecule has 4 atom stereocenters. The van der Waals surface area contributed by atoms with Crippen molar-refractivity contribution < 1.29 is 50.1 Å². The molecule has 0 saturated carbocycles. The van der Waals surface area contributed by atoms with Crippen LogP contribution in [0.15, 0.2) is 12.1 Å². The number of carboxylic acids is 1. The van der Waals surface area contributed by atoms with Crippen LogP contribution in [0, 0.1) is 17.6 Å². The summed E-state index contributed by atoms with van der Waals surface area (Å²) in [6.07, 6.45) is -7.14. The Bertz CT molecular complexity index is 706. The van der Waals surface area contributed by atoms with Gasteiger partial charge in [0.05, 0.1) is 0 Å². The van der Waals surface area contributed by atoms with Gasteiger partial charge >= 0.3 is 18.8 Å². The molecule has 0 radical (unpaired) electrons. The Kier molecular flexibility index (Phi) is 5.15. The lowest BCUT2D eigenvalue weighted by Gasteiger charge is -2.32. The van der Waals surface area contributed by atoms with Crippen LogP contribution in [0.1, 0.15) is 25.3 Å². The minimum absolute atomic E-state index is 0.484. The van der Waals surface area contributed by atoms with Crippen molar-refractivity contribution in [2.24, 2.45) is 5.92 Å². The smallest absolute Gasteiger partial charge is 0.417 e. The van der Waals surface area contributed by atoms with Crippen LogP contribution < -0.4 is 4.74 Å². The fraction of sp³-hybridized carbons (Fsp3) is 0.533. The second-order valence-corrected chi connectivity index (χ2v) is 5.95. The Morgan fingerprint density at radius 3 is 2.35 bits per heavy atom. The van der Waals surface area contributed by atoms with Crippen LogP contribution in [0.4, 0.5) is 30.7 Å². The fourth-order valence-corrected chi connectivity index (χ4v) is 3.03. The minimum atomic E-state index is -5.00. The topological polar surface area (TPSA) is 55.8 Å². The molecule has 0 bridgehead atoms. The van der Waals surface area contributed by atoms with Gasteiger partial charge in [-0.1, -0.05) is 13.0 Å². The Morgan fingerprint density at radius 2 is 1.88 bits per heavy atom. The molecule has 1 fully saturated rings. The largest absolute Gasteiger partial charge is 0.479 e. The number of aliphatic carboxylic acids is 1. The van der Waals surface area contributed by atoms with Gasteiger partial charge in [-0.25, -0.2) is 9.18 Å². The standard InChI is InChI=1S/C15H13F7O4/c1-5-8(11(12(23)24)26-14(5,2)15(20,21)22)6-3-4-7(16)9(17)10(6)25-13(18)19/h3-5,8,11,13H,1-2H3,(H,23,24)/t5?,8?,11-,14?/m1/s1. The molecule has 1 aliphatic rings. The first-order chi connectivity index (χ1) is 11.8. The fourth-order valence-electron chi connectivity index (χ4n) is 3.03. The minimum Gasteiger partial charge on any atom is -0.479 e. The third kappa shape index (κ3) is 3.19. The van der Waals surface area contributed by atoms with Crippen molar-refractivity contribution in [3.8, 4) is 5.75 Å².